The zero-order chi connectivity index (χ0) is 17.5. The first-order valence-corrected chi connectivity index (χ1v) is 9.39. The Morgan fingerprint density at radius 1 is 1.00 bits per heavy atom. The summed E-state index contributed by atoms with van der Waals surface area (Å²) in [7, 11) is -4.57. The van der Waals surface area contributed by atoms with E-state index in [-0.39, 0.29) is 12.0 Å². The van der Waals surface area contributed by atoms with Gasteiger partial charge in [0.05, 0.1) is 6.61 Å². The van der Waals surface area contributed by atoms with E-state index in [9.17, 15) is 13.0 Å². The molecular weight excluding hydrogens is 427 g/mol. The maximum Gasteiger partial charge on any atom is 0.217 e. The molecule has 0 saturated carbocycles. The van der Waals surface area contributed by atoms with Gasteiger partial charge in [0.25, 0.3) is 0 Å². The molecule has 0 radical (unpaired) electrons. The molecule has 0 bridgehead atoms. The standard InChI is InChI=1S/C10H13I.C7H8O4S/c1-10(2,3)8-4-6-9(11)7-5-8;8-12(9,10)11-6-7-4-2-1-3-5-7/h4-7H,1-3H3;1-5H,6H2,(H,8,9,10)/p-1. The van der Waals surface area contributed by atoms with Gasteiger partial charge >= 0.3 is 0 Å². The third-order valence-corrected chi connectivity index (χ3v) is 4.05. The Labute approximate surface area is 152 Å². The summed E-state index contributed by atoms with van der Waals surface area (Å²) in [6.45, 7) is 6.49. The van der Waals surface area contributed by atoms with E-state index in [0.29, 0.717) is 5.56 Å². The number of rotatable bonds is 3. The van der Waals surface area contributed by atoms with Gasteiger partial charge in [0.15, 0.2) is 0 Å². The molecule has 6 heteroatoms. The van der Waals surface area contributed by atoms with Crippen molar-refractivity contribution < 1.29 is 17.2 Å². The minimum Gasteiger partial charge on any atom is -0.726 e. The molecule has 2 aromatic rings. The van der Waals surface area contributed by atoms with Crippen LogP contribution in [-0.4, -0.2) is 13.0 Å². The van der Waals surface area contributed by atoms with Crippen LogP contribution in [0.3, 0.4) is 0 Å². The summed E-state index contributed by atoms with van der Waals surface area (Å²) in [5.74, 6) is 0. The average molecular weight is 447 g/mol. The molecule has 0 aromatic heterocycles. The smallest absolute Gasteiger partial charge is 0.217 e. The van der Waals surface area contributed by atoms with E-state index >= 15 is 0 Å². The Morgan fingerprint density at radius 2 is 1.52 bits per heavy atom. The number of halogens is 1. The lowest BCUT2D eigenvalue weighted by atomic mass is 9.87. The molecular formula is C17H20IO4S-. The highest BCUT2D eigenvalue weighted by Gasteiger charge is 2.12. The van der Waals surface area contributed by atoms with Crippen molar-refractivity contribution in [1.29, 1.82) is 0 Å². The van der Waals surface area contributed by atoms with Gasteiger partial charge in [0, 0.05) is 3.57 Å². The van der Waals surface area contributed by atoms with Crippen molar-refractivity contribution in [2.45, 2.75) is 32.8 Å². The van der Waals surface area contributed by atoms with Crippen molar-refractivity contribution in [3.63, 3.8) is 0 Å². The predicted molar refractivity (Wildman–Crippen MR) is 98.8 cm³/mol. The summed E-state index contributed by atoms with van der Waals surface area (Å²) in [6.07, 6.45) is 0. The summed E-state index contributed by atoms with van der Waals surface area (Å²) < 4.78 is 35.4. The molecule has 0 amide bonds. The van der Waals surface area contributed by atoms with E-state index in [1.54, 1.807) is 30.3 Å². The van der Waals surface area contributed by atoms with Crippen LogP contribution in [0.1, 0.15) is 31.9 Å². The SMILES string of the molecule is CC(C)(C)c1ccc(I)cc1.O=S(=O)([O-])OCc1ccccc1. The van der Waals surface area contributed by atoms with Crippen molar-refractivity contribution in [2.75, 3.05) is 0 Å². The minimum atomic E-state index is -4.57. The molecule has 4 nitrogen and oxygen atoms in total. The zero-order valence-electron chi connectivity index (χ0n) is 13.3. The van der Waals surface area contributed by atoms with Gasteiger partial charge in [-0.05, 0) is 51.3 Å². The van der Waals surface area contributed by atoms with Gasteiger partial charge in [-0.25, -0.2) is 8.42 Å². The minimum absolute atomic E-state index is 0.202. The summed E-state index contributed by atoms with van der Waals surface area (Å²) in [4.78, 5) is 0. The molecule has 0 aliphatic carbocycles. The molecule has 0 saturated heterocycles. The number of hydrogen-bond donors (Lipinski definition) is 0. The lowest BCUT2D eigenvalue weighted by molar-refractivity contribution is 0.253. The second kappa shape index (κ2) is 8.77. The predicted octanol–water partition coefficient (Wildman–Crippen LogP) is 4.25. The van der Waals surface area contributed by atoms with Gasteiger partial charge in [-0.2, -0.15) is 0 Å². The van der Waals surface area contributed by atoms with Gasteiger partial charge in [-0.3, -0.25) is 4.18 Å². The fraction of sp³-hybridized carbons (Fsp3) is 0.294. The Morgan fingerprint density at radius 3 is 1.96 bits per heavy atom. The zero-order valence-corrected chi connectivity index (χ0v) is 16.3. The molecule has 23 heavy (non-hydrogen) atoms. The lowest BCUT2D eigenvalue weighted by Gasteiger charge is -2.18. The van der Waals surface area contributed by atoms with Crippen LogP contribution in [-0.2, 0) is 26.6 Å². The van der Waals surface area contributed by atoms with Crippen molar-refractivity contribution in [3.05, 3.63) is 69.3 Å². The van der Waals surface area contributed by atoms with Gasteiger partial charge in [-0.15, -0.1) is 0 Å². The molecule has 0 fully saturated rings. The van der Waals surface area contributed by atoms with Gasteiger partial charge in [-0.1, -0.05) is 63.2 Å². The van der Waals surface area contributed by atoms with Crippen LogP contribution < -0.4 is 0 Å². The molecule has 0 aliphatic heterocycles. The Kier molecular flexibility index (Phi) is 7.66. The van der Waals surface area contributed by atoms with Crippen LogP contribution in [0.25, 0.3) is 0 Å². The second-order valence-corrected chi connectivity index (χ2v) is 8.21. The Hall–Kier alpha value is -0.960. The third-order valence-electron chi connectivity index (χ3n) is 2.92. The van der Waals surface area contributed by atoms with Crippen LogP contribution in [0, 0.1) is 3.57 Å². The average Bonchev–Trinajstić information content (AvgIpc) is 2.46. The first kappa shape index (κ1) is 20.1. The Bertz CT molecular complexity index is 690. The lowest BCUT2D eigenvalue weighted by Crippen LogP contribution is -2.10. The van der Waals surface area contributed by atoms with Gasteiger partial charge in [0.2, 0.25) is 10.4 Å². The monoisotopic (exact) mass is 447 g/mol. The topological polar surface area (TPSA) is 66.4 Å². The third kappa shape index (κ3) is 9.04. The van der Waals surface area contributed by atoms with Crippen molar-refractivity contribution in [3.8, 4) is 0 Å². The van der Waals surface area contributed by atoms with Crippen LogP contribution in [0.4, 0.5) is 0 Å². The van der Waals surface area contributed by atoms with Crippen LogP contribution >= 0.6 is 22.6 Å². The summed E-state index contributed by atoms with van der Waals surface area (Å²) >= 11 is 2.32. The maximum absolute atomic E-state index is 10.0. The highest BCUT2D eigenvalue weighted by molar-refractivity contribution is 14.1. The van der Waals surface area contributed by atoms with E-state index < -0.39 is 10.4 Å². The molecule has 0 N–H and O–H groups in total. The second-order valence-electron chi connectivity index (χ2n) is 5.91. The van der Waals surface area contributed by atoms with E-state index in [4.69, 9.17) is 0 Å². The maximum atomic E-state index is 10.0. The van der Waals surface area contributed by atoms with Crippen LogP contribution in [0.15, 0.2) is 54.6 Å². The molecule has 0 heterocycles. The molecule has 2 rings (SSSR count). The fourth-order valence-corrected chi connectivity index (χ4v) is 2.30. The molecule has 126 valence electrons. The highest BCUT2D eigenvalue weighted by atomic mass is 127. The number of benzene rings is 2. The van der Waals surface area contributed by atoms with E-state index in [1.165, 1.54) is 9.13 Å². The number of hydrogen-bond acceptors (Lipinski definition) is 4. The summed E-state index contributed by atoms with van der Waals surface area (Å²) in [5.41, 5.74) is 2.33. The van der Waals surface area contributed by atoms with E-state index in [0.717, 1.165) is 0 Å². The highest BCUT2D eigenvalue weighted by Crippen LogP contribution is 2.22. The molecule has 0 unspecified atom stereocenters. The van der Waals surface area contributed by atoms with Crippen molar-refractivity contribution >= 4 is 33.0 Å². The first-order chi connectivity index (χ1) is 10.6. The fourth-order valence-electron chi connectivity index (χ4n) is 1.66. The van der Waals surface area contributed by atoms with E-state index in [1.807, 2.05) is 0 Å². The summed E-state index contributed by atoms with van der Waals surface area (Å²) in [5, 5.41) is 0. The molecule has 0 aliphatic rings. The van der Waals surface area contributed by atoms with Crippen LogP contribution in [0.2, 0.25) is 0 Å². The molecule has 0 spiro atoms. The molecule has 0 atom stereocenters. The van der Waals surface area contributed by atoms with Crippen molar-refractivity contribution in [2.24, 2.45) is 0 Å². The van der Waals surface area contributed by atoms with Crippen molar-refractivity contribution in [1.82, 2.24) is 0 Å². The normalized spacial score (nSPS) is 11.5. The molecule has 2 aromatic carbocycles. The summed E-state index contributed by atoms with van der Waals surface area (Å²) in [6, 6.07) is 17.3. The first-order valence-electron chi connectivity index (χ1n) is 6.98. The van der Waals surface area contributed by atoms with Crippen LogP contribution in [0.5, 0.6) is 0 Å². The quantitative estimate of drug-likeness (QED) is 0.401. The van der Waals surface area contributed by atoms with Gasteiger partial charge in [0.1, 0.15) is 0 Å². The van der Waals surface area contributed by atoms with E-state index in [2.05, 4.69) is 71.8 Å². The largest absolute Gasteiger partial charge is 0.726 e. The van der Waals surface area contributed by atoms with Gasteiger partial charge < -0.3 is 4.55 Å². The Balaban J connectivity index is 0.000000231.